The molecule has 98 valence electrons. The first-order chi connectivity index (χ1) is 8.97. The third kappa shape index (κ3) is 3.28. The molecular weight excluding hydrogens is 330 g/mol. The summed E-state index contributed by atoms with van der Waals surface area (Å²) in [7, 11) is 0. The Labute approximate surface area is 124 Å². The van der Waals surface area contributed by atoms with Gasteiger partial charge in [-0.15, -0.1) is 0 Å². The SMILES string of the molecule is Cc1ccc(NC(=O)c2cc(Cl)ccc2O)c(Br)c1. The van der Waals surface area contributed by atoms with Gasteiger partial charge in [0.25, 0.3) is 5.91 Å². The van der Waals surface area contributed by atoms with E-state index in [2.05, 4.69) is 21.2 Å². The summed E-state index contributed by atoms with van der Waals surface area (Å²) >= 11 is 9.19. The maximum absolute atomic E-state index is 12.1. The van der Waals surface area contributed by atoms with Crippen molar-refractivity contribution in [1.29, 1.82) is 0 Å². The van der Waals surface area contributed by atoms with Gasteiger partial charge in [-0.05, 0) is 58.7 Å². The van der Waals surface area contributed by atoms with Crippen LogP contribution in [0.3, 0.4) is 0 Å². The van der Waals surface area contributed by atoms with Crippen LogP contribution in [0, 0.1) is 6.92 Å². The van der Waals surface area contributed by atoms with Gasteiger partial charge in [-0.25, -0.2) is 0 Å². The monoisotopic (exact) mass is 339 g/mol. The summed E-state index contributed by atoms with van der Waals surface area (Å²) in [4.78, 5) is 12.1. The molecule has 0 aliphatic carbocycles. The number of aryl methyl sites for hydroxylation is 1. The fourth-order valence-corrected chi connectivity index (χ4v) is 2.37. The van der Waals surface area contributed by atoms with Gasteiger partial charge in [-0.1, -0.05) is 17.7 Å². The molecule has 0 aliphatic heterocycles. The fourth-order valence-electron chi connectivity index (χ4n) is 1.60. The van der Waals surface area contributed by atoms with Gasteiger partial charge >= 0.3 is 0 Å². The largest absolute Gasteiger partial charge is 0.507 e. The highest BCUT2D eigenvalue weighted by Gasteiger charge is 2.13. The van der Waals surface area contributed by atoms with E-state index >= 15 is 0 Å². The van der Waals surface area contributed by atoms with Gasteiger partial charge in [0, 0.05) is 9.50 Å². The predicted octanol–water partition coefficient (Wildman–Crippen LogP) is 4.37. The first-order valence-corrected chi connectivity index (χ1v) is 6.70. The number of nitrogens with one attached hydrogen (secondary N) is 1. The normalized spacial score (nSPS) is 10.3. The van der Waals surface area contributed by atoms with Crippen molar-refractivity contribution in [3.63, 3.8) is 0 Å². The molecular formula is C14H11BrClNO2. The van der Waals surface area contributed by atoms with Crippen LogP contribution in [0.4, 0.5) is 5.69 Å². The number of benzene rings is 2. The molecule has 0 unspecified atom stereocenters. The molecule has 5 heteroatoms. The summed E-state index contributed by atoms with van der Waals surface area (Å²) < 4.78 is 0.780. The van der Waals surface area contributed by atoms with Crippen molar-refractivity contribution in [2.24, 2.45) is 0 Å². The van der Waals surface area contributed by atoms with E-state index < -0.39 is 5.91 Å². The second-order valence-electron chi connectivity index (χ2n) is 4.10. The molecule has 0 heterocycles. The lowest BCUT2D eigenvalue weighted by Gasteiger charge is -2.09. The number of rotatable bonds is 2. The number of hydrogen-bond acceptors (Lipinski definition) is 2. The second-order valence-corrected chi connectivity index (χ2v) is 5.39. The van der Waals surface area contributed by atoms with E-state index in [9.17, 15) is 9.90 Å². The zero-order valence-corrected chi connectivity index (χ0v) is 12.4. The molecule has 2 aromatic rings. The Kier molecular flexibility index (Phi) is 4.12. The minimum absolute atomic E-state index is 0.106. The molecule has 0 fully saturated rings. The van der Waals surface area contributed by atoms with Crippen LogP contribution in [0.15, 0.2) is 40.9 Å². The zero-order valence-electron chi connectivity index (χ0n) is 10.1. The smallest absolute Gasteiger partial charge is 0.259 e. The zero-order chi connectivity index (χ0) is 14.0. The number of anilines is 1. The molecule has 0 bridgehead atoms. The van der Waals surface area contributed by atoms with Crippen molar-refractivity contribution >= 4 is 39.1 Å². The molecule has 0 saturated heterocycles. The van der Waals surface area contributed by atoms with Gasteiger partial charge in [-0.3, -0.25) is 4.79 Å². The van der Waals surface area contributed by atoms with Gasteiger partial charge in [0.05, 0.1) is 11.3 Å². The lowest BCUT2D eigenvalue weighted by molar-refractivity contribution is 0.102. The maximum Gasteiger partial charge on any atom is 0.259 e. The molecule has 3 nitrogen and oxygen atoms in total. The third-order valence-corrected chi connectivity index (χ3v) is 3.47. The van der Waals surface area contributed by atoms with E-state index in [0.717, 1.165) is 10.0 Å². The predicted molar refractivity (Wildman–Crippen MR) is 79.9 cm³/mol. The van der Waals surface area contributed by atoms with Crippen molar-refractivity contribution in [1.82, 2.24) is 0 Å². The summed E-state index contributed by atoms with van der Waals surface area (Å²) in [5.41, 5.74) is 1.85. The molecule has 0 aliphatic rings. The van der Waals surface area contributed by atoms with Gasteiger partial charge in [-0.2, -0.15) is 0 Å². The minimum atomic E-state index is -0.412. The Morgan fingerprint density at radius 1 is 1.26 bits per heavy atom. The Hall–Kier alpha value is -1.52. The van der Waals surface area contributed by atoms with Crippen molar-refractivity contribution < 1.29 is 9.90 Å². The average molecular weight is 341 g/mol. The van der Waals surface area contributed by atoms with E-state index in [1.54, 1.807) is 6.07 Å². The van der Waals surface area contributed by atoms with Gasteiger partial charge < -0.3 is 10.4 Å². The minimum Gasteiger partial charge on any atom is -0.507 e. The van der Waals surface area contributed by atoms with Gasteiger partial charge in [0.15, 0.2) is 0 Å². The van der Waals surface area contributed by atoms with Crippen LogP contribution >= 0.6 is 27.5 Å². The van der Waals surface area contributed by atoms with E-state index in [4.69, 9.17) is 11.6 Å². The molecule has 0 spiro atoms. The summed E-state index contributed by atoms with van der Waals surface area (Å²) in [5.74, 6) is -0.519. The topological polar surface area (TPSA) is 49.3 Å². The molecule has 2 N–H and O–H groups in total. The molecule has 0 saturated carbocycles. The highest BCUT2D eigenvalue weighted by atomic mass is 79.9. The maximum atomic E-state index is 12.1. The van der Waals surface area contributed by atoms with Crippen LogP contribution in [-0.2, 0) is 0 Å². The quantitative estimate of drug-likeness (QED) is 0.853. The summed E-state index contributed by atoms with van der Waals surface area (Å²) in [6.07, 6.45) is 0. The Balaban J connectivity index is 2.28. The highest BCUT2D eigenvalue weighted by Crippen LogP contribution is 2.26. The Bertz CT molecular complexity index is 643. The van der Waals surface area contributed by atoms with Gasteiger partial charge in [0.1, 0.15) is 5.75 Å². The lowest BCUT2D eigenvalue weighted by Crippen LogP contribution is -2.12. The average Bonchev–Trinajstić information content (AvgIpc) is 2.35. The molecule has 1 amide bonds. The number of carbonyl (C=O) groups excluding carboxylic acids is 1. The van der Waals surface area contributed by atoms with Crippen LogP contribution in [0.25, 0.3) is 0 Å². The summed E-state index contributed by atoms with van der Waals surface area (Å²) in [5, 5.41) is 12.8. The lowest BCUT2D eigenvalue weighted by atomic mass is 10.1. The second kappa shape index (κ2) is 5.63. The standard InChI is InChI=1S/C14H11BrClNO2/c1-8-2-4-12(11(15)6-8)17-14(19)10-7-9(16)3-5-13(10)18/h2-7,18H,1H3,(H,17,19). The first kappa shape index (κ1) is 13.9. The Morgan fingerprint density at radius 3 is 2.68 bits per heavy atom. The van der Waals surface area contributed by atoms with E-state index in [1.807, 2.05) is 19.1 Å². The number of aromatic hydroxyl groups is 1. The van der Waals surface area contributed by atoms with Crippen LogP contribution in [0.2, 0.25) is 5.02 Å². The molecule has 0 radical (unpaired) electrons. The first-order valence-electron chi connectivity index (χ1n) is 5.53. The van der Waals surface area contributed by atoms with Crippen molar-refractivity contribution in [2.45, 2.75) is 6.92 Å². The molecule has 2 aromatic carbocycles. The van der Waals surface area contributed by atoms with Crippen LogP contribution < -0.4 is 5.32 Å². The van der Waals surface area contributed by atoms with E-state index in [0.29, 0.717) is 10.7 Å². The number of halogens is 2. The van der Waals surface area contributed by atoms with Crippen LogP contribution in [-0.4, -0.2) is 11.0 Å². The van der Waals surface area contributed by atoms with Crippen LogP contribution in [0.1, 0.15) is 15.9 Å². The van der Waals surface area contributed by atoms with Crippen LogP contribution in [0.5, 0.6) is 5.75 Å². The number of hydrogen-bond donors (Lipinski definition) is 2. The molecule has 19 heavy (non-hydrogen) atoms. The van der Waals surface area contributed by atoms with Crippen molar-refractivity contribution in [3.8, 4) is 5.75 Å². The highest BCUT2D eigenvalue weighted by molar-refractivity contribution is 9.10. The molecule has 2 rings (SSSR count). The molecule has 0 aromatic heterocycles. The number of phenolic OH excluding ortho intramolecular Hbond substituents is 1. The Morgan fingerprint density at radius 2 is 2.00 bits per heavy atom. The summed E-state index contributed by atoms with van der Waals surface area (Å²) in [6, 6.07) is 9.91. The van der Waals surface area contributed by atoms with E-state index in [-0.39, 0.29) is 11.3 Å². The number of carbonyl (C=O) groups is 1. The third-order valence-electron chi connectivity index (χ3n) is 2.58. The fraction of sp³-hybridized carbons (Fsp3) is 0.0714. The van der Waals surface area contributed by atoms with Crippen molar-refractivity contribution in [2.75, 3.05) is 5.32 Å². The number of amides is 1. The summed E-state index contributed by atoms with van der Waals surface area (Å²) in [6.45, 7) is 1.96. The molecule has 0 atom stereocenters. The number of phenols is 1. The van der Waals surface area contributed by atoms with Crippen molar-refractivity contribution in [3.05, 3.63) is 57.0 Å². The van der Waals surface area contributed by atoms with E-state index in [1.165, 1.54) is 18.2 Å². The van der Waals surface area contributed by atoms with Gasteiger partial charge in [0.2, 0.25) is 0 Å².